The van der Waals surface area contributed by atoms with Crippen LogP contribution in [0.4, 0.5) is 17.1 Å². The molecule has 0 atom stereocenters. The zero-order valence-electron chi connectivity index (χ0n) is 13.4. The van der Waals surface area contributed by atoms with Crippen LogP contribution in [-0.4, -0.2) is 19.8 Å². The van der Waals surface area contributed by atoms with Crippen molar-refractivity contribution in [1.82, 2.24) is 0 Å². The van der Waals surface area contributed by atoms with E-state index in [1.165, 1.54) is 11.1 Å². The predicted molar refractivity (Wildman–Crippen MR) is 95.5 cm³/mol. The monoisotopic (exact) mass is 291 g/mol. The Morgan fingerprint density at radius 1 is 1.09 bits per heavy atom. The molecule has 2 aromatic carbocycles. The third-order valence-electron chi connectivity index (χ3n) is 4.05. The molecule has 0 saturated carbocycles. The van der Waals surface area contributed by atoms with Crippen LogP contribution >= 0.6 is 0 Å². The van der Waals surface area contributed by atoms with Gasteiger partial charge in [0.15, 0.2) is 0 Å². The van der Waals surface area contributed by atoms with Gasteiger partial charge in [-0.15, -0.1) is 0 Å². The van der Waals surface area contributed by atoms with Crippen LogP contribution in [0.3, 0.4) is 0 Å². The molecule has 3 rings (SSSR count). The molecule has 0 radical (unpaired) electrons. The number of aliphatic imine (C=N–C) groups is 1. The summed E-state index contributed by atoms with van der Waals surface area (Å²) in [7, 11) is 4.11. The summed E-state index contributed by atoms with van der Waals surface area (Å²) in [5.41, 5.74) is 7.07. The summed E-state index contributed by atoms with van der Waals surface area (Å²) < 4.78 is 0. The summed E-state index contributed by atoms with van der Waals surface area (Å²) in [6.45, 7) is 6.84. The smallest absolute Gasteiger partial charge is 0.0689 e. The normalized spacial score (nSPS) is 12.6. The van der Waals surface area contributed by atoms with Gasteiger partial charge in [0.05, 0.1) is 17.9 Å². The minimum Gasteiger partial charge on any atom is -0.376 e. The third kappa shape index (κ3) is 2.39. The van der Waals surface area contributed by atoms with Crippen molar-refractivity contribution < 1.29 is 0 Å². The zero-order chi connectivity index (χ0) is 15.7. The lowest BCUT2D eigenvalue weighted by molar-refractivity contribution is 1.10. The van der Waals surface area contributed by atoms with Gasteiger partial charge in [0.1, 0.15) is 0 Å². The van der Waals surface area contributed by atoms with E-state index in [1.54, 1.807) is 0 Å². The maximum atomic E-state index is 4.51. The Labute approximate surface area is 132 Å². The number of hydrogen-bond acceptors (Lipinski definition) is 3. The molecule has 22 heavy (non-hydrogen) atoms. The van der Waals surface area contributed by atoms with Gasteiger partial charge in [-0.1, -0.05) is 24.8 Å². The fourth-order valence-electron chi connectivity index (χ4n) is 2.89. The molecule has 2 aromatic rings. The molecule has 1 aliphatic rings. The quantitative estimate of drug-likeness (QED) is 0.833. The topological polar surface area (TPSA) is 18.8 Å². The highest BCUT2D eigenvalue weighted by Gasteiger charge is 2.16. The number of nitrogens with zero attached hydrogens (tertiary/aromatic N) is 3. The van der Waals surface area contributed by atoms with Crippen molar-refractivity contribution in [3.8, 4) is 0 Å². The minimum absolute atomic E-state index is 0.773. The van der Waals surface area contributed by atoms with Crippen LogP contribution in [0.15, 0.2) is 60.2 Å². The van der Waals surface area contributed by atoms with Crippen molar-refractivity contribution >= 4 is 22.8 Å². The molecule has 3 heteroatoms. The van der Waals surface area contributed by atoms with Crippen LogP contribution in [0.1, 0.15) is 18.1 Å². The van der Waals surface area contributed by atoms with Crippen molar-refractivity contribution in [2.45, 2.75) is 13.5 Å². The number of hydrogen-bond donors (Lipinski definition) is 0. The lowest BCUT2D eigenvalue weighted by Gasteiger charge is -2.26. The SMILES string of the molecule is C=CN(c1ccc2c(c1)CN=C2C)c1ccccc1N(C)C. The number of rotatable bonds is 4. The molecule has 3 nitrogen and oxygen atoms in total. The van der Waals surface area contributed by atoms with Gasteiger partial charge in [0.2, 0.25) is 0 Å². The molecule has 0 saturated heterocycles. The van der Waals surface area contributed by atoms with Gasteiger partial charge in [-0.3, -0.25) is 4.99 Å². The first-order chi connectivity index (χ1) is 10.6. The van der Waals surface area contributed by atoms with Crippen LogP contribution in [0.25, 0.3) is 0 Å². The van der Waals surface area contributed by atoms with Crippen molar-refractivity contribution in [3.05, 3.63) is 66.4 Å². The molecule has 1 aliphatic heterocycles. The average Bonchev–Trinajstić information content (AvgIpc) is 2.89. The fraction of sp³-hybridized carbons (Fsp3) is 0.211. The van der Waals surface area contributed by atoms with Crippen molar-refractivity contribution in [2.75, 3.05) is 23.9 Å². The lowest BCUT2D eigenvalue weighted by Crippen LogP contribution is -2.16. The first-order valence-corrected chi connectivity index (χ1v) is 7.44. The second-order valence-corrected chi connectivity index (χ2v) is 5.68. The summed E-state index contributed by atoms with van der Waals surface area (Å²) in [6, 6.07) is 14.9. The highest BCUT2D eigenvalue weighted by atomic mass is 15.2. The van der Waals surface area contributed by atoms with Crippen LogP contribution in [0, 0.1) is 0 Å². The first kappa shape index (κ1) is 14.4. The molecule has 0 spiro atoms. The third-order valence-corrected chi connectivity index (χ3v) is 4.05. The van der Waals surface area contributed by atoms with E-state index in [1.807, 2.05) is 6.20 Å². The number of anilines is 3. The highest BCUT2D eigenvalue weighted by Crippen LogP contribution is 2.35. The van der Waals surface area contributed by atoms with Crippen molar-refractivity contribution in [1.29, 1.82) is 0 Å². The summed E-state index contributed by atoms with van der Waals surface area (Å²) in [5, 5.41) is 0. The van der Waals surface area contributed by atoms with Crippen molar-refractivity contribution in [3.63, 3.8) is 0 Å². The summed E-state index contributed by atoms with van der Waals surface area (Å²) in [5.74, 6) is 0. The number of para-hydroxylation sites is 2. The Morgan fingerprint density at radius 2 is 1.82 bits per heavy atom. The van der Waals surface area contributed by atoms with E-state index in [0.717, 1.165) is 29.3 Å². The van der Waals surface area contributed by atoms with Gasteiger partial charge < -0.3 is 9.80 Å². The van der Waals surface area contributed by atoms with E-state index in [-0.39, 0.29) is 0 Å². The van der Waals surface area contributed by atoms with E-state index >= 15 is 0 Å². The molecule has 112 valence electrons. The second-order valence-electron chi connectivity index (χ2n) is 5.68. The Bertz CT molecular complexity index is 744. The van der Waals surface area contributed by atoms with E-state index in [0.29, 0.717) is 0 Å². The Balaban J connectivity index is 2.05. The molecule has 0 fully saturated rings. The summed E-state index contributed by atoms with van der Waals surface area (Å²) in [4.78, 5) is 8.76. The van der Waals surface area contributed by atoms with Crippen LogP contribution < -0.4 is 9.80 Å². The standard InChI is InChI=1S/C19H21N3/c1-5-22(19-9-7-6-8-18(19)21(3)4)16-10-11-17-14(2)20-13-15(17)12-16/h5-12H,1,13H2,2-4H3. The summed E-state index contributed by atoms with van der Waals surface area (Å²) in [6.07, 6.45) is 1.87. The molecular weight excluding hydrogens is 270 g/mol. The van der Waals surface area contributed by atoms with E-state index < -0.39 is 0 Å². The number of fused-ring (bicyclic) bond motifs is 1. The van der Waals surface area contributed by atoms with E-state index in [4.69, 9.17) is 0 Å². The average molecular weight is 291 g/mol. The molecule has 0 aliphatic carbocycles. The van der Waals surface area contributed by atoms with Gasteiger partial charge in [-0.25, -0.2) is 0 Å². The van der Waals surface area contributed by atoms with Gasteiger partial charge >= 0.3 is 0 Å². The maximum Gasteiger partial charge on any atom is 0.0689 e. The molecule has 0 unspecified atom stereocenters. The second kappa shape index (κ2) is 5.68. The molecule has 0 aromatic heterocycles. The lowest BCUT2D eigenvalue weighted by atomic mass is 10.0. The van der Waals surface area contributed by atoms with Gasteiger partial charge in [0.25, 0.3) is 0 Å². The van der Waals surface area contributed by atoms with E-state index in [2.05, 4.69) is 84.9 Å². The molecule has 0 bridgehead atoms. The van der Waals surface area contributed by atoms with Crippen LogP contribution in [-0.2, 0) is 6.54 Å². The Kier molecular flexibility index (Phi) is 3.72. The van der Waals surface area contributed by atoms with Crippen molar-refractivity contribution in [2.24, 2.45) is 4.99 Å². The van der Waals surface area contributed by atoms with Gasteiger partial charge in [-0.2, -0.15) is 0 Å². The largest absolute Gasteiger partial charge is 0.376 e. The van der Waals surface area contributed by atoms with E-state index in [9.17, 15) is 0 Å². The van der Waals surface area contributed by atoms with Crippen LogP contribution in [0.5, 0.6) is 0 Å². The summed E-state index contributed by atoms with van der Waals surface area (Å²) >= 11 is 0. The molecule has 0 amide bonds. The fourth-order valence-corrected chi connectivity index (χ4v) is 2.89. The molecule has 0 N–H and O–H groups in total. The van der Waals surface area contributed by atoms with Crippen LogP contribution in [0.2, 0.25) is 0 Å². The Hall–Kier alpha value is -2.55. The predicted octanol–water partition coefficient (Wildman–Crippen LogP) is 4.36. The van der Waals surface area contributed by atoms with Gasteiger partial charge in [0, 0.05) is 37.3 Å². The molecular formula is C19H21N3. The highest BCUT2D eigenvalue weighted by molar-refractivity contribution is 6.02. The molecule has 1 heterocycles. The first-order valence-electron chi connectivity index (χ1n) is 7.44. The maximum absolute atomic E-state index is 4.51. The minimum atomic E-state index is 0.773. The number of benzene rings is 2. The zero-order valence-corrected chi connectivity index (χ0v) is 13.4. The Morgan fingerprint density at radius 3 is 2.50 bits per heavy atom. The van der Waals surface area contributed by atoms with Gasteiger partial charge in [-0.05, 0) is 36.8 Å².